The van der Waals surface area contributed by atoms with Gasteiger partial charge in [-0.25, -0.2) is 0 Å². The number of benzene rings is 1. The first-order chi connectivity index (χ1) is 9.79. The number of pyridine rings is 1. The predicted octanol–water partition coefficient (Wildman–Crippen LogP) is 1.74. The molecule has 1 aliphatic heterocycles. The standard InChI is InChI=1S/C16H20N2O2/c1-12-4-5-16-14(3-2-6-17-16)15(12)9-18-7-8-20-11-13(18)10-19/h2-6,13,19H,7-11H2,1H3/t13-/m1/s1. The van der Waals surface area contributed by atoms with Crippen LogP contribution in [0.2, 0.25) is 0 Å². The molecule has 4 heteroatoms. The number of rotatable bonds is 3. The van der Waals surface area contributed by atoms with Crippen molar-refractivity contribution in [3.63, 3.8) is 0 Å². The summed E-state index contributed by atoms with van der Waals surface area (Å²) in [7, 11) is 0. The molecule has 106 valence electrons. The zero-order chi connectivity index (χ0) is 13.9. The van der Waals surface area contributed by atoms with Gasteiger partial charge in [0.25, 0.3) is 0 Å². The normalized spacial score (nSPS) is 20.4. The molecule has 0 amide bonds. The molecule has 1 saturated heterocycles. The van der Waals surface area contributed by atoms with E-state index >= 15 is 0 Å². The van der Waals surface area contributed by atoms with Crippen molar-refractivity contribution in [2.75, 3.05) is 26.4 Å². The molecule has 2 heterocycles. The van der Waals surface area contributed by atoms with Crippen molar-refractivity contribution in [1.82, 2.24) is 9.88 Å². The number of aliphatic hydroxyl groups excluding tert-OH is 1. The monoisotopic (exact) mass is 272 g/mol. The first-order valence-corrected chi connectivity index (χ1v) is 7.05. The topological polar surface area (TPSA) is 45.6 Å². The van der Waals surface area contributed by atoms with E-state index in [2.05, 4.69) is 35.0 Å². The zero-order valence-electron chi connectivity index (χ0n) is 11.7. The van der Waals surface area contributed by atoms with Gasteiger partial charge in [0.2, 0.25) is 0 Å². The summed E-state index contributed by atoms with van der Waals surface area (Å²) in [5.74, 6) is 0. The summed E-state index contributed by atoms with van der Waals surface area (Å²) in [4.78, 5) is 6.73. The molecule has 0 aliphatic carbocycles. The summed E-state index contributed by atoms with van der Waals surface area (Å²) in [5.41, 5.74) is 3.60. The second-order valence-electron chi connectivity index (χ2n) is 5.31. The summed E-state index contributed by atoms with van der Waals surface area (Å²) >= 11 is 0. The molecule has 1 N–H and O–H groups in total. The lowest BCUT2D eigenvalue weighted by atomic mass is 10.0. The van der Waals surface area contributed by atoms with Gasteiger partial charge in [0, 0.05) is 24.7 Å². The Kier molecular flexibility index (Phi) is 3.96. The lowest BCUT2D eigenvalue weighted by Crippen LogP contribution is -2.46. The van der Waals surface area contributed by atoms with Crippen LogP contribution >= 0.6 is 0 Å². The molecule has 0 spiro atoms. The maximum Gasteiger partial charge on any atom is 0.0705 e. The SMILES string of the molecule is Cc1ccc2ncccc2c1CN1CCOC[C@H]1CO. The van der Waals surface area contributed by atoms with E-state index in [-0.39, 0.29) is 12.6 Å². The van der Waals surface area contributed by atoms with E-state index in [9.17, 15) is 5.11 Å². The van der Waals surface area contributed by atoms with Crippen molar-refractivity contribution in [2.45, 2.75) is 19.5 Å². The highest BCUT2D eigenvalue weighted by Gasteiger charge is 2.23. The van der Waals surface area contributed by atoms with Crippen LogP contribution in [0.3, 0.4) is 0 Å². The lowest BCUT2D eigenvalue weighted by molar-refractivity contribution is -0.0311. The van der Waals surface area contributed by atoms with Crippen LogP contribution in [0.4, 0.5) is 0 Å². The van der Waals surface area contributed by atoms with Crippen LogP contribution in [0, 0.1) is 6.92 Å². The quantitative estimate of drug-likeness (QED) is 0.924. The Labute approximate surface area is 119 Å². The van der Waals surface area contributed by atoms with Crippen molar-refractivity contribution in [1.29, 1.82) is 0 Å². The summed E-state index contributed by atoms with van der Waals surface area (Å²) in [5, 5.41) is 10.7. The Morgan fingerprint density at radius 3 is 3.15 bits per heavy atom. The number of morpholine rings is 1. The fourth-order valence-corrected chi connectivity index (χ4v) is 2.80. The van der Waals surface area contributed by atoms with E-state index in [0.717, 1.165) is 25.2 Å². The third-order valence-corrected chi connectivity index (χ3v) is 4.05. The fourth-order valence-electron chi connectivity index (χ4n) is 2.80. The van der Waals surface area contributed by atoms with E-state index in [1.54, 1.807) is 0 Å². The van der Waals surface area contributed by atoms with Gasteiger partial charge < -0.3 is 9.84 Å². The number of fused-ring (bicyclic) bond motifs is 1. The fraction of sp³-hybridized carbons (Fsp3) is 0.438. The van der Waals surface area contributed by atoms with Gasteiger partial charge in [-0.15, -0.1) is 0 Å². The highest BCUT2D eigenvalue weighted by atomic mass is 16.5. The van der Waals surface area contributed by atoms with E-state index in [1.165, 1.54) is 16.5 Å². The molecule has 1 atom stereocenters. The molecule has 0 saturated carbocycles. The minimum atomic E-state index is 0.0927. The van der Waals surface area contributed by atoms with Crippen LogP contribution < -0.4 is 0 Å². The highest BCUT2D eigenvalue weighted by Crippen LogP contribution is 2.23. The molecule has 1 fully saturated rings. The largest absolute Gasteiger partial charge is 0.395 e. The van der Waals surface area contributed by atoms with Crippen molar-refractivity contribution < 1.29 is 9.84 Å². The highest BCUT2D eigenvalue weighted by molar-refractivity contribution is 5.83. The van der Waals surface area contributed by atoms with Crippen LogP contribution in [0.1, 0.15) is 11.1 Å². The number of aromatic nitrogens is 1. The van der Waals surface area contributed by atoms with Crippen molar-refractivity contribution >= 4 is 10.9 Å². The molecule has 20 heavy (non-hydrogen) atoms. The number of hydrogen-bond acceptors (Lipinski definition) is 4. The van der Waals surface area contributed by atoms with E-state index < -0.39 is 0 Å². The molecule has 0 bridgehead atoms. The lowest BCUT2D eigenvalue weighted by Gasteiger charge is -2.35. The molecular formula is C16H20N2O2. The molecule has 1 aromatic carbocycles. The average Bonchev–Trinajstić information content (AvgIpc) is 2.50. The molecule has 1 aromatic heterocycles. The Hall–Kier alpha value is -1.49. The van der Waals surface area contributed by atoms with Crippen LogP contribution in [0.5, 0.6) is 0 Å². The van der Waals surface area contributed by atoms with Gasteiger partial charge in [0.15, 0.2) is 0 Å². The van der Waals surface area contributed by atoms with E-state index in [4.69, 9.17) is 4.74 Å². The van der Waals surface area contributed by atoms with Gasteiger partial charge in [0.05, 0.1) is 31.4 Å². The van der Waals surface area contributed by atoms with Gasteiger partial charge in [-0.2, -0.15) is 0 Å². The maximum absolute atomic E-state index is 9.49. The van der Waals surface area contributed by atoms with Crippen LogP contribution in [0.15, 0.2) is 30.5 Å². The Balaban J connectivity index is 1.95. The van der Waals surface area contributed by atoms with Gasteiger partial charge in [0.1, 0.15) is 0 Å². The van der Waals surface area contributed by atoms with Gasteiger partial charge in [-0.05, 0) is 30.2 Å². The van der Waals surface area contributed by atoms with E-state index in [0.29, 0.717) is 6.61 Å². The smallest absolute Gasteiger partial charge is 0.0705 e. The first-order valence-electron chi connectivity index (χ1n) is 7.05. The Morgan fingerprint density at radius 1 is 1.40 bits per heavy atom. The van der Waals surface area contributed by atoms with Crippen molar-refractivity contribution in [3.05, 3.63) is 41.6 Å². The molecule has 0 radical (unpaired) electrons. The Morgan fingerprint density at radius 2 is 2.30 bits per heavy atom. The second kappa shape index (κ2) is 5.87. The van der Waals surface area contributed by atoms with Gasteiger partial charge in [-0.1, -0.05) is 12.1 Å². The summed E-state index contributed by atoms with van der Waals surface area (Å²) in [6.07, 6.45) is 1.83. The first kappa shape index (κ1) is 13.5. The zero-order valence-corrected chi connectivity index (χ0v) is 11.7. The van der Waals surface area contributed by atoms with Crippen LogP contribution in [0.25, 0.3) is 10.9 Å². The van der Waals surface area contributed by atoms with Crippen molar-refractivity contribution in [3.8, 4) is 0 Å². The molecule has 2 aromatic rings. The predicted molar refractivity (Wildman–Crippen MR) is 78.6 cm³/mol. The molecule has 4 nitrogen and oxygen atoms in total. The van der Waals surface area contributed by atoms with Crippen LogP contribution in [-0.4, -0.2) is 47.4 Å². The van der Waals surface area contributed by atoms with E-state index in [1.807, 2.05) is 12.3 Å². The van der Waals surface area contributed by atoms with Gasteiger partial charge >= 0.3 is 0 Å². The third-order valence-electron chi connectivity index (χ3n) is 4.05. The van der Waals surface area contributed by atoms with Crippen molar-refractivity contribution in [2.24, 2.45) is 0 Å². The maximum atomic E-state index is 9.49. The summed E-state index contributed by atoms with van der Waals surface area (Å²) < 4.78 is 5.44. The molecule has 3 rings (SSSR count). The minimum Gasteiger partial charge on any atom is -0.395 e. The molecule has 0 unspecified atom stereocenters. The average molecular weight is 272 g/mol. The van der Waals surface area contributed by atoms with Crippen LogP contribution in [-0.2, 0) is 11.3 Å². The molecule has 1 aliphatic rings. The minimum absolute atomic E-state index is 0.0927. The number of aryl methyl sites for hydroxylation is 1. The number of aliphatic hydroxyl groups is 1. The Bertz CT molecular complexity index is 600. The number of nitrogens with zero attached hydrogens (tertiary/aromatic N) is 2. The second-order valence-corrected chi connectivity index (χ2v) is 5.31. The third kappa shape index (κ3) is 2.54. The summed E-state index contributed by atoms with van der Waals surface area (Å²) in [6.45, 7) is 5.32. The van der Waals surface area contributed by atoms with Gasteiger partial charge in [-0.3, -0.25) is 9.88 Å². The number of ether oxygens (including phenoxy) is 1. The molecular weight excluding hydrogens is 252 g/mol. The summed E-state index contributed by atoms with van der Waals surface area (Å²) in [6, 6.07) is 8.39. The number of hydrogen-bond donors (Lipinski definition) is 1.